The summed E-state index contributed by atoms with van der Waals surface area (Å²) in [4.78, 5) is 27.3. The van der Waals surface area contributed by atoms with E-state index in [0.717, 1.165) is 30.5 Å². The number of hydrogen-bond acceptors (Lipinski definition) is 2. The van der Waals surface area contributed by atoms with Gasteiger partial charge < -0.3 is 10.2 Å². The van der Waals surface area contributed by atoms with Crippen LogP contribution in [0.2, 0.25) is 0 Å². The number of hydrogen-bond donors (Lipinski definition) is 1. The monoisotopic (exact) mass is 354 g/mol. The van der Waals surface area contributed by atoms with Crippen molar-refractivity contribution in [1.29, 1.82) is 0 Å². The van der Waals surface area contributed by atoms with Crippen molar-refractivity contribution in [1.82, 2.24) is 10.2 Å². The molecule has 1 fully saturated rings. The first-order valence-electron chi connectivity index (χ1n) is 9.86. The van der Waals surface area contributed by atoms with Gasteiger partial charge >= 0.3 is 0 Å². The highest BCUT2D eigenvalue weighted by atomic mass is 16.2. The molecule has 0 saturated carbocycles. The van der Waals surface area contributed by atoms with Crippen LogP contribution in [0.3, 0.4) is 0 Å². The number of likely N-dealkylation sites (tertiary alicyclic amines) is 1. The SMILES string of the molecule is CCN1C(=O)CCC2(C(=O)NCc3ccc(C(C)C)cc3)CCCC=C12. The molecule has 1 saturated heterocycles. The van der Waals surface area contributed by atoms with Crippen LogP contribution >= 0.6 is 0 Å². The van der Waals surface area contributed by atoms with E-state index in [1.807, 2.05) is 11.8 Å². The van der Waals surface area contributed by atoms with Gasteiger partial charge in [0.1, 0.15) is 0 Å². The lowest BCUT2D eigenvalue weighted by Gasteiger charge is -2.45. The third-order valence-electron chi connectivity index (χ3n) is 5.84. The number of benzene rings is 1. The molecular formula is C22H30N2O2. The molecular weight excluding hydrogens is 324 g/mol. The number of carbonyl (C=O) groups is 2. The van der Waals surface area contributed by atoms with Crippen LogP contribution in [0, 0.1) is 5.41 Å². The molecule has 2 amide bonds. The zero-order valence-corrected chi connectivity index (χ0v) is 16.2. The van der Waals surface area contributed by atoms with Crippen molar-refractivity contribution in [3.8, 4) is 0 Å². The molecule has 3 rings (SSSR count). The molecule has 1 aliphatic carbocycles. The Morgan fingerprint density at radius 3 is 2.62 bits per heavy atom. The molecule has 1 aliphatic heterocycles. The highest BCUT2D eigenvalue weighted by molar-refractivity contribution is 5.91. The van der Waals surface area contributed by atoms with Gasteiger partial charge in [0.2, 0.25) is 11.8 Å². The second kappa shape index (κ2) is 7.65. The first kappa shape index (κ1) is 18.7. The minimum absolute atomic E-state index is 0.0716. The van der Waals surface area contributed by atoms with Crippen LogP contribution in [0.25, 0.3) is 0 Å². The Morgan fingerprint density at radius 1 is 1.23 bits per heavy atom. The molecule has 0 spiro atoms. The lowest BCUT2D eigenvalue weighted by Crippen LogP contribution is -2.52. The van der Waals surface area contributed by atoms with E-state index in [2.05, 4.69) is 49.5 Å². The average molecular weight is 354 g/mol. The van der Waals surface area contributed by atoms with Crippen LogP contribution in [0.5, 0.6) is 0 Å². The van der Waals surface area contributed by atoms with Crippen LogP contribution in [-0.2, 0) is 16.1 Å². The molecule has 140 valence electrons. The molecule has 1 aromatic carbocycles. The molecule has 0 radical (unpaired) electrons. The summed E-state index contributed by atoms with van der Waals surface area (Å²) in [5.74, 6) is 0.725. The molecule has 1 aromatic rings. The van der Waals surface area contributed by atoms with E-state index in [1.165, 1.54) is 5.56 Å². The topological polar surface area (TPSA) is 49.4 Å². The van der Waals surface area contributed by atoms with Crippen molar-refractivity contribution in [3.63, 3.8) is 0 Å². The molecule has 0 aromatic heterocycles. The Hall–Kier alpha value is -2.10. The fraction of sp³-hybridized carbons (Fsp3) is 0.545. The molecule has 0 bridgehead atoms. The summed E-state index contributed by atoms with van der Waals surface area (Å²) in [5, 5.41) is 3.15. The number of amides is 2. The number of nitrogens with one attached hydrogen (secondary N) is 1. The van der Waals surface area contributed by atoms with Gasteiger partial charge in [-0.3, -0.25) is 9.59 Å². The predicted octanol–water partition coefficient (Wildman–Crippen LogP) is 4.12. The fourth-order valence-corrected chi connectivity index (χ4v) is 4.24. The first-order chi connectivity index (χ1) is 12.5. The van der Waals surface area contributed by atoms with Crippen molar-refractivity contribution < 1.29 is 9.59 Å². The number of piperidine rings is 1. The van der Waals surface area contributed by atoms with Crippen molar-refractivity contribution in [2.24, 2.45) is 5.41 Å². The Morgan fingerprint density at radius 2 is 1.96 bits per heavy atom. The van der Waals surface area contributed by atoms with Crippen LogP contribution in [0.4, 0.5) is 0 Å². The van der Waals surface area contributed by atoms with Gasteiger partial charge in [0.05, 0.1) is 5.41 Å². The summed E-state index contributed by atoms with van der Waals surface area (Å²) in [5.41, 5.74) is 2.83. The summed E-state index contributed by atoms with van der Waals surface area (Å²) < 4.78 is 0. The van der Waals surface area contributed by atoms with Crippen LogP contribution < -0.4 is 5.32 Å². The third kappa shape index (κ3) is 3.42. The van der Waals surface area contributed by atoms with E-state index in [4.69, 9.17) is 0 Å². The second-order valence-corrected chi connectivity index (χ2v) is 7.78. The Labute approximate surface area is 156 Å². The van der Waals surface area contributed by atoms with Crippen molar-refractivity contribution in [3.05, 3.63) is 47.2 Å². The smallest absolute Gasteiger partial charge is 0.232 e. The fourth-order valence-electron chi connectivity index (χ4n) is 4.24. The summed E-state index contributed by atoms with van der Waals surface area (Å²) in [6.45, 7) is 7.51. The molecule has 4 nitrogen and oxygen atoms in total. The van der Waals surface area contributed by atoms with Gasteiger partial charge in [-0.25, -0.2) is 0 Å². The van der Waals surface area contributed by atoms with E-state index in [1.54, 1.807) is 0 Å². The average Bonchev–Trinajstić information content (AvgIpc) is 2.66. The quantitative estimate of drug-likeness (QED) is 0.864. The van der Waals surface area contributed by atoms with E-state index >= 15 is 0 Å². The number of fused-ring (bicyclic) bond motifs is 1. The van der Waals surface area contributed by atoms with Crippen LogP contribution in [-0.4, -0.2) is 23.3 Å². The van der Waals surface area contributed by atoms with Crippen LogP contribution in [0.15, 0.2) is 36.0 Å². The van der Waals surface area contributed by atoms with Gasteiger partial charge in [0, 0.05) is 25.2 Å². The summed E-state index contributed by atoms with van der Waals surface area (Å²) in [6, 6.07) is 8.45. The van der Waals surface area contributed by atoms with Gasteiger partial charge in [0.25, 0.3) is 0 Å². The van der Waals surface area contributed by atoms with Crippen LogP contribution in [0.1, 0.15) is 69.9 Å². The van der Waals surface area contributed by atoms with Crippen molar-refractivity contribution >= 4 is 11.8 Å². The van der Waals surface area contributed by atoms with Gasteiger partial charge in [-0.2, -0.15) is 0 Å². The van der Waals surface area contributed by atoms with Crippen molar-refractivity contribution in [2.45, 2.75) is 65.3 Å². The Balaban J connectivity index is 1.74. The Kier molecular flexibility index (Phi) is 5.49. The highest BCUT2D eigenvalue weighted by Crippen LogP contribution is 2.46. The molecule has 2 aliphatic rings. The van der Waals surface area contributed by atoms with Gasteiger partial charge in [-0.15, -0.1) is 0 Å². The molecule has 1 atom stereocenters. The number of allylic oxidation sites excluding steroid dienone is 1. The first-order valence-corrected chi connectivity index (χ1v) is 9.86. The van der Waals surface area contributed by atoms with Gasteiger partial charge in [-0.05, 0) is 49.7 Å². The summed E-state index contributed by atoms with van der Waals surface area (Å²) >= 11 is 0. The zero-order valence-electron chi connectivity index (χ0n) is 16.2. The van der Waals surface area contributed by atoms with Crippen molar-refractivity contribution in [2.75, 3.05) is 6.54 Å². The Bertz CT molecular complexity index is 705. The summed E-state index contributed by atoms with van der Waals surface area (Å²) in [6.07, 6.45) is 5.99. The minimum atomic E-state index is -0.528. The number of carbonyl (C=O) groups excluding carboxylic acids is 2. The normalized spacial score (nSPS) is 22.8. The molecule has 1 heterocycles. The second-order valence-electron chi connectivity index (χ2n) is 7.78. The number of rotatable bonds is 5. The molecule has 1 N–H and O–H groups in total. The van der Waals surface area contributed by atoms with E-state index < -0.39 is 5.41 Å². The zero-order chi connectivity index (χ0) is 18.7. The molecule has 4 heteroatoms. The van der Waals surface area contributed by atoms with Gasteiger partial charge in [0.15, 0.2) is 0 Å². The largest absolute Gasteiger partial charge is 0.351 e. The van der Waals surface area contributed by atoms with Gasteiger partial charge in [-0.1, -0.05) is 44.2 Å². The standard InChI is InChI=1S/C22H30N2O2/c1-4-24-19-7-5-6-13-22(19,14-12-20(24)25)21(26)23-15-17-8-10-18(11-9-17)16(2)3/h7-11,16H,4-6,12-15H2,1-3H3,(H,23,26). The predicted molar refractivity (Wildman–Crippen MR) is 103 cm³/mol. The lowest BCUT2D eigenvalue weighted by atomic mass is 9.69. The van der Waals surface area contributed by atoms with E-state index in [9.17, 15) is 9.59 Å². The van der Waals surface area contributed by atoms with E-state index in [0.29, 0.717) is 31.8 Å². The minimum Gasteiger partial charge on any atom is -0.351 e. The maximum atomic E-state index is 13.2. The third-order valence-corrected chi connectivity index (χ3v) is 5.84. The molecule has 26 heavy (non-hydrogen) atoms. The molecule has 1 unspecified atom stereocenters. The number of nitrogens with zero attached hydrogens (tertiary/aromatic N) is 1. The lowest BCUT2D eigenvalue weighted by molar-refractivity contribution is -0.140. The maximum Gasteiger partial charge on any atom is 0.232 e. The maximum absolute atomic E-state index is 13.2. The summed E-state index contributed by atoms with van der Waals surface area (Å²) in [7, 11) is 0. The highest BCUT2D eigenvalue weighted by Gasteiger charge is 2.48. The van der Waals surface area contributed by atoms with E-state index in [-0.39, 0.29) is 11.8 Å².